The highest BCUT2D eigenvalue weighted by atomic mass is 32.1. The van der Waals surface area contributed by atoms with Gasteiger partial charge in [-0.25, -0.2) is 0 Å². The molecule has 0 aliphatic carbocycles. The molecule has 0 fully saturated rings. The molecule has 6 aromatic heterocycles. The molecule has 6 heteroatoms. The predicted octanol–water partition coefficient (Wildman–Crippen LogP) is 16.4. The Kier molecular flexibility index (Phi) is 7.69. The number of benzene rings is 8. The first-order valence-corrected chi connectivity index (χ1v) is 23.2. The van der Waals surface area contributed by atoms with Gasteiger partial charge in [0, 0.05) is 108 Å². The van der Waals surface area contributed by atoms with E-state index in [0.717, 1.165) is 33.6 Å². The second-order valence-electron chi connectivity index (χ2n) is 16.6. The lowest BCUT2D eigenvalue weighted by atomic mass is 10.0. The molecule has 14 rings (SSSR count). The van der Waals surface area contributed by atoms with Gasteiger partial charge in [0.15, 0.2) is 0 Å². The number of para-hydroxylation sites is 4. The van der Waals surface area contributed by atoms with Gasteiger partial charge in [-0.05, 0) is 84.9 Å². The van der Waals surface area contributed by atoms with Crippen molar-refractivity contribution in [2.45, 2.75) is 0 Å². The molecule has 8 aromatic carbocycles. The van der Waals surface area contributed by atoms with Crippen molar-refractivity contribution in [1.82, 2.24) is 19.1 Å². The molecule has 0 unspecified atom stereocenters. The summed E-state index contributed by atoms with van der Waals surface area (Å²) in [4.78, 5) is 10.0. The topological polar surface area (TPSA) is 35.6 Å². The molecular weight excluding hydrogens is 817 g/mol. The summed E-state index contributed by atoms with van der Waals surface area (Å²) in [5.41, 5.74) is 13.5. The van der Waals surface area contributed by atoms with Crippen molar-refractivity contribution in [3.63, 3.8) is 0 Å². The Bertz CT molecular complexity index is 4080. The van der Waals surface area contributed by atoms with Gasteiger partial charge in [0.25, 0.3) is 0 Å². The van der Waals surface area contributed by atoms with E-state index in [9.17, 15) is 0 Å². The fourth-order valence-electron chi connectivity index (χ4n) is 10.1. The first-order valence-electron chi connectivity index (χ1n) is 21.5. The van der Waals surface area contributed by atoms with Crippen molar-refractivity contribution < 1.29 is 0 Å². The highest BCUT2D eigenvalue weighted by Crippen LogP contribution is 2.43. The van der Waals surface area contributed by atoms with Gasteiger partial charge in [0.1, 0.15) is 0 Å². The molecule has 0 saturated carbocycles. The smallest absolute Gasteiger partial charge is 0.0716 e. The van der Waals surface area contributed by atoms with Crippen LogP contribution in [0.1, 0.15) is 0 Å². The Balaban J connectivity index is 0.777. The molecule has 0 amide bonds. The Morgan fingerprint density at radius 2 is 0.750 bits per heavy atom. The number of fused-ring (bicyclic) bond motifs is 12. The maximum Gasteiger partial charge on any atom is 0.0716 e. The van der Waals surface area contributed by atoms with Gasteiger partial charge in [0.05, 0.1) is 33.5 Å². The minimum Gasteiger partial charge on any atom is -0.309 e. The van der Waals surface area contributed by atoms with E-state index in [1.807, 2.05) is 35.1 Å². The molecule has 64 heavy (non-hydrogen) atoms. The van der Waals surface area contributed by atoms with Crippen LogP contribution in [0.2, 0.25) is 0 Å². The van der Waals surface area contributed by atoms with E-state index >= 15 is 0 Å². The number of aromatic nitrogens is 4. The third-order valence-corrected chi connectivity index (χ3v) is 15.4. The Morgan fingerprint density at radius 1 is 0.312 bits per heavy atom. The van der Waals surface area contributed by atoms with E-state index in [2.05, 4.69) is 203 Å². The molecular formula is C58H34N4S2. The number of hydrogen-bond acceptors (Lipinski definition) is 4. The van der Waals surface area contributed by atoms with Crippen LogP contribution in [0.15, 0.2) is 207 Å². The Labute approximate surface area is 375 Å². The fraction of sp³-hybridized carbons (Fsp3) is 0. The second kappa shape index (κ2) is 13.8. The van der Waals surface area contributed by atoms with Gasteiger partial charge in [-0.2, -0.15) is 0 Å². The third kappa shape index (κ3) is 5.33. The number of hydrogen-bond donors (Lipinski definition) is 0. The first kappa shape index (κ1) is 35.7. The largest absolute Gasteiger partial charge is 0.309 e. The molecule has 0 aliphatic heterocycles. The molecule has 0 saturated heterocycles. The molecule has 6 heterocycles. The molecule has 4 nitrogen and oxygen atoms in total. The lowest BCUT2D eigenvalue weighted by molar-refractivity contribution is 1.19. The van der Waals surface area contributed by atoms with Gasteiger partial charge in [-0.15, -0.1) is 22.7 Å². The Morgan fingerprint density at radius 3 is 1.28 bits per heavy atom. The SMILES string of the molecule is c1cc(-c2ccc(-c3ccc(-c4ccc5sc6ccc(-n7c8ccccc8c8ccccc87)cc6c5c4)nc3)cn2)c2sc3ccc(-n4c5ccccc5c5ccccc54)cc3c2c1. The molecule has 0 N–H and O–H groups in total. The van der Waals surface area contributed by atoms with Gasteiger partial charge >= 0.3 is 0 Å². The van der Waals surface area contributed by atoms with Crippen LogP contribution in [-0.4, -0.2) is 19.1 Å². The van der Waals surface area contributed by atoms with E-state index in [1.165, 1.54) is 95.3 Å². The maximum absolute atomic E-state index is 5.04. The zero-order chi connectivity index (χ0) is 41.9. The minimum absolute atomic E-state index is 0.950. The van der Waals surface area contributed by atoms with Gasteiger partial charge in [-0.1, -0.05) is 109 Å². The molecule has 298 valence electrons. The fourth-order valence-corrected chi connectivity index (χ4v) is 12.3. The van der Waals surface area contributed by atoms with Gasteiger partial charge in [-0.3, -0.25) is 9.97 Å². The van der Waals surface area contributed by atoms with Crippen LogP contribution in [0.4, 0.5) is 0 Å². The molecule has 0 radical (unpaired) electrons. The lowest BCUT2D eigenvalue weighted by Gasteiger charge is -2.09. The second-order valence-corrected chi connectivity index (χ2v) is 18.7. The number of nitrogens with zero attached hydrogens (tertiary/aromatic N) is 4. The van der Waals surface area contributed by atoms with E-state index in [4.69, 9.17) is 9.97 Å². The summed E-state index contributed by atoms with van der Waals surface area (Å²) >= 11 is 3.68. The molecule has 14 aromatic rings. The van der Waals surface area contributed by atoms with Crippen LogP contribution in [-0.2, 0) is 0 Å². The number of pyridine rings is 2. The molecule has 0 bridgehead atoms. The summed E-state index contributed by atoms with van der Waals surface area (Å²) in [6, 6.07) is 70.5. The highest BCUT2D eigenvalue weighted by molar-refractivity contribution is 7.26. The van der Waals surface area contributed by atoms with Gasteiger partial charge in [0.2, 0.25) is 0 Å². The summed E-state index contributed by atoms with van der Waals surface area (Å²) in [6.07, 6.45) is 3.96. The average molecular weight is 851 g/mol. The molecule has 0 aliphatic rings. The summed E-state index contributed by atoms with van der Waals surface area (Å²) < 4.78 is 9.87. The quantitative estimate of drug-likeness (QED) is 0.173. The van der Waals surface area contributed by atoms with Crippen molar-refractivity contribution in [2.75, 3.05) is 0 Å². The summed E-state index contributed by atoms with van der Waals surface area (Å²) in [6.45, 7) is 0. The highest BCUT2D eigenvalue weighted by Gasteiger charge is 2.17. The maximum atomic E-state index is 5.04. The average Bonchev–Trinajstić information content (AvgIpc) is 4.11. The van der Waals surface area contributed by atoms with Crippen molar-refractivity contribution in [3.05, 3.63) is 207 Å². The first-order chi connectivity index (χ1) is 31.7. The van der Waals surface area contributed by atoms with E-state index in [-0.39, 0.29) is 0 Å². The van der Waals surface area contributed by atoms with Crippen LogP contribution in [0.5, 0.6) is 0 Å². The van der Waals surface area contributed by atoms with Crippen LogP contribution in [0, 0.1) is 0 Å². The van der Waals surface area contributed by atoms with Crippen LogP contribution in [0.25, 0.3) is 129 Å². The van der Waals surface area contributed by atoms with Crippen molar-refractivity contribution >= 4 is 107 Å². The molecule has 0 atom stereocenters. The van der Waals surface area contributed by atoms with E-state index in [0.29, 0.717) is 0 Å². The number of thiophene rings is 2. The number of rotatable bonds is 5. The summed E-state index contributed by atoms with van der Waals surface area (Å²) in [5.74, 6) is 0. The lowest BCUT2D eigenvalue weighted by Crippen LogP contribution is -1.93. The van der Waals surface area contributed by atoms with Crippen molar-refractivity contribution in [1.29, 1.82) is 0 Å². The Hall–Kier alpha value is -7.90. The minimum atomic E-state index is 0.950. The van der Waals surface area contributed by atoms with E-state index < -0.39 is 0 Å². The van der Waals surface area contributed by atoms with Crippen LogP contribution in [0.3, 0.4) is 0 Å². The van der Waals surface area contributed by atoms with Crippen LogP contribution >= 0.6 is 22.7 Å². The molecule has 0 spiro atoms. The third-order valence-electron chi connectivity index (χ3n) is 13.0. The summed E-state index contributed by atoms with van der Waals surface area (Å²) in [5, 5.41) is 10.1. The van der Waals surface area contributed by atoms with Crippen molar-refractivity contribution in [3.8, 4) is 45.0 Å². The standard InChI is InChI=1S/C58H34N4S2/c1-5-16-51-40(10-1)41-11-2-6-17-52(41)61(51)38-24-29-57-47(31-38)44-14-9-15-45(58(44)64-57)50-26-21-37(34-60-50)36-20-25-49(59-33-36)35-22-27-55-46(30-35)48-32-39(23-28-56(48)63-55)62-53-18-7-3-12-42(53)43-13-4-8-19-54(43)62/h1-34H. The zero-order valence-corrected chi connectivity index (χ0v) is 35.9. The van der Waals surface area contributed by atoms with E-state index in [1.54, 1.807) is 0 Å². The zero-order valence-electron chi connectivity index (χ0n) is 34.2. The van der Waals surface area contributed by atoms with Crippen molar-refractivity contribution in [2.24, 2.45) is 0 Å². The van der Waals surface area contributed by atoms with Gasteiger partial charge < -0.3 is 9.13 Å². The predicted molar refractivity (Wildman–Crippen MR) is 273 cm³/mol. The van der Waals surface area contributed by atoms with Crippen LogP contribution < -0.4 is 0 Å². The monoisotopic (exact) mass is 850 g/mol. The summed E-state index contributed by atoms with van der Waals surface area (Å²) in [7, 11) is 0. The normalized spacial score (nSPS) is 12.1.